The molecule has 0 amide bonds. The summed E-state index contributed by atoms with van der Waals surface area (Å²) in [6.45, 7) is 6.48. The summed E-state index contributed by atoms with van der Waals surface area (Å²) in [6, 6.07) is 0.427. The summed E-state index contributed by atoms with van der Waals surface area (Å²) in [5, 5.41) is 18.5. The number of nitrogens with zero attached hydrogens (tertiary/aromatic N) is 3. The number of fused-ring (bicyclic) bond motifs is 1. The maximum absolute atomic E-state index is 9.53. The summed E-state index contributed by atoms with van der Waals surface area (Å²) in [7, 11) is 0. The molecule has 20 heavy (non-hydrogen) atoms. The summed E-state index contributed by atoms with van der Waals surface area (Å²) in [6.07, 6.45) is 5.69. The van der Waals surface area contributed by atoms with Gasteiger partial charge in [-0.1, -0.05) is 32.1 Å². The van der Waals surface area contributed by atoms with Crippen molar-refractivity contribution in [3.63, 3.8) is 0 Å². The summed E-state index contributed by atoms with van der Waals surface area (Å²) in [5.41, 5.74) is 1.13. The molecular weight excluding hydrogens is 272 g/mol. The van der Waals surface area contributed by atoms with E-state index in [-0.39, 0.29) is 11.5 Å². The van der Waals surface area contributed by atoms with Gasteiger partial charge < -0.3 is 10.4 Å². The maximum atomic E-state index is 9.53. The zero-order chi connectivity index (χ0) is 14.3. The smallest absolute Gasteiger partial charge is 0.214 e. The third-order valence-corrected chi connectivity index (χ3v) is 4.69. The molecule has 6 heteroatoms. The Morgan fingerprint density at radius 2 is 2.00 bits per heavy atom. The Balaban J connectivity index is 1.72. The molecule has 110 valence electrons. The Labute approximate surface area is 123 Å². The topological polar surface area (TPSA) is 62.5 Å². The Morgan fingerprint density at radius 3 is 2.60 bits per heavy atom. The predicted molar refractivity (Wildman–Crippen MR) is 81.4 cm³/mol. The highest BCUT2D eigenvalue weighted by Crippen LogP contribution is 2.28. The van der Waals surface area contributed by atoms with Crippen LogP contribution in [0.25, 0.3) is 4.96 Å². The molecule has 5 nitrogen and oxygen atoms in total. The van der Waals surface area contributed by atoms with E-state index in [0.717, 1.165) is 41.5 Å². The number of hydrogen-bond acceptors (Lipinski definition) is 5. The van der Waals surface area contributed by atoms with E-state index < -0.39 is 0 Å². The molecular formula is C14H22N4OS. The van der Waals surface area contributed by atoms with Crippen LogP contribution in [0.2, 0.25) is 0 Å². The van der Waals surface area contributed by atoms with Crippen LogP contribution < -0.4 is 5.32 Å². The van der Waals surface area contributed by atoms with Gasteiger partial charge in [0.25, 0.3) is 0 Å². The Morgan fingerprint density at radius 1 is 1.30 bits per heavy atom. The summed E-state index contributed by atoms with van der Waals surface area (Å²) >= 11 is 1.60. The third kappa shape index (κ3) is 2.81. The van der Waals surface area contributed by atoms with Gasteiger partial charge in [-0.3, -0.25) is 0 Å². The van der Waals surface area contributed by atoms with Gasteiger partial charge in [0.1, 0.15) is 0 Å². The minimum atomic E-state index is -0.115. The van der Waals surface area contributed by atoms with Crippen LogP contribution in [0.3, 0.4) is 0 Å². The van der Waals surface area contributed by atoms with Crippen LogP contribution in [0.15, 0.2) is 6.20 Å². The average molecular weight is 294 g/mol. The van der Waals surface area contributed by atoms with E-state index in [1.165, 1.54) is 0 Å². The molecule has 0 bridgehead atoms. The molecule has 0 unspecified atom stereocenters. The first kappa shape index (κ1) is 13.8. The van der Waals surface area contributed by atoms with Gasteiger partial charge in [0.05, 0.1) is 18.0 Å². The molecule has 0 aromatic carbocycles. The lowest BCUT2D eigenvalue weighted by Gasteiger charge is -2.25. The van der Waals surface area contributed by atoms with E-state index in [1.54, 1.807) is 11.3 Å². The molecule has 2 aromatic heterocycles. The standard InChI is InChI=1S/C14H22N4OS/c1-14(2,3)11-8-18-13(16-11)20-12(17-18)15-9-4-6-10(19)7-5-9/h8-10,19H,4-7H2,1-3H3,(H,15,17). The van der Waals surface area contributed by atoms with Crippen molar-refractivity contribution < 1.29 is 5.11 Å². The van der Waals surface area contributed by atoms with Gasteiger partial charge in [-0.25, -0.2) is 9.50 Å². The van der Waals surface area contributed by atoms with Gasteiger partial charge in [-0.05, 0) is 25.7 Å². The number of anilines is 1. The Bertz CT molecular complexity index is 558. The number of rotatable bonds is 2. The number of aromatic nitrogens is 3. The van der Waals surface area contributed by atoms with E-state index in [2.05, 4.69) is 36.2 Å². The lowest BCUT2D eigenvalue weighted by atomic mass is 9.93. The number of aliphatic hydroxyl groups excluding tert-OH is 1. The van der Waals surface area contributed by atoms with Gasteiger partial charge in [-0.2, -0.15) is 0 Å². The highest BCUT2D eigenvalue weighted by Gasteiger charge is 2.22. The fourth-order valence-electron chi connectivity index (χ4n) is 2.51. The average Bonchev–Trinajstić information content (AvgIpc) is 2.89. The van der Waals surface area contributed by atoms with Crippen molar-refractivity contribution in [3.8, 4) is 0 Å². The van der Waals surface area contributed by atoms with Gasteiger partial charge in [0.15, 0.2) is 0 Å². The van der Waals surface area contributed by atoms with Crippen LogP contribution in [0.5, 0.6) is 0 Å². The normalized spacial score (nSPS) is 24.2. The monoisotopic (exact) mass is 294 g/mol. The van der Waals surface area contributed by atoms with Crippen molar-refractivity contribution in [2.75, 3.05) is 5.32 Å². The van der Waals surface area contributed by atoms with Crippen LogP contribution in [0.1, 0.15) is 52.1 Å². The number of aliphatic hydroxyl groups is 1. The Hall–Kier alpha value is -1.14. The molecule has 0 radical (unpaired) electrons. The van der Waals surface area contributed by atoms with Crippen LogP contribution in [-0.2, 0) is 5.41 Å². The SMILES string of the molecule is CC(C)(C)c1cn2nc(NC3CCC(O)CC3)sc2n1. The first-order valence-corrected chi connectivity index (χ1v) is 8.05. The summed E-state index contributed by atoms with van der Waals surface area (Å²) in [5.74, 6) is 0. The van der Waals surface area contributed by atoms with Crippen LogP contribution >= 0.6 is 11.3 Å². The first-order chi connectivity index (χ1) is 9.41. The molecule has 1 aliphatic rings. The number of hydrogen-bond donors (Lipinski definition) is 2. The molecule has 1 aliphatic carbocycles. The lowest BCUT2D eigenvalue weighted by Crippen LogP contribution is -2.28. The molecule has 1 fully saturated rings. The molecule has 2 N–H and O–H groups in total. The van der Waals surface area contributed by atoms with Crippen molar-refractivity contribution in [2.24, 2.45) is 0 Å². The van der Waals surface area contributed by atoms with E-state index in [4.69, 9.17) is 0 Å². The van der Waals surface area contributed by atoms with E-state index in [9.17, 15) is 5.11 Å². The summed E-state index contributed by atoms with van der Waals surface area (Å²) < 4.78 is 1.87. The van der Waals surface area contributed by atoms with Crippen molar-refractivity contribution >= 4 is 21.4 Å². The predicted octanol–water partition coefficient (Wildman–Crippen LogP) is 2.80. The maximum Gasteiger partial charge on any atom is 0.214 e. The molecule has 0 saturated heterocycles. The van der Waals surface area contributed by atoms with Gasteiger partial charge in [-0.15, -0.1) is 5.10 Å². The highest BCUT2D eigenvalue weighted by atomic mass is 32.1. The summed E-state index contributed by atoms with van der Waals surface area (Å²) in [4.78, 5) is 5.59. The van der Waals surface area contributed by atoms with Crippen molar-refractivity contribution in [1.82, 2.24) is 14.6 Å². The van der Waals surface area contributed by atoms with Crippen LogP contribution in [0, 0.1) is 0 Å². The zero-order valence-corrected chi connectivity index (χ0v) is 13.1. The highest BCUT2D eigenvalue weighted by molar-refractivity contribution is 7.20. The molecule has 0 aliphatic heterocycles. The van der Waals surface area contributed by atoms with E-state index in [1.807, 2.05) is 10.7 Å². The molecule has 2 aromatic rings. The second-order valence-electron chi connectivity index (χ2n) is 6.66. The quantitative estimate of drug-likeness (QED) is 0.894. The number of nitrogens with one attached hydrogen (secondary N) is 1. The molecule has 1 saturated carbocycles. The Kier molecular flexibility index (Phi) is 3.46. The van der Waals surface area contributed by atoms with Crippen LogP contribution in [-0.4, -0.2) is 31.9 Å². The lowest BCUT2D eigenvalue weighted by molar-refractivity contribution is 0.126. The van der Waals surface area contributed by atoms with Crippen molar-refractivity contribution in [2.45, 2.75) is 64.0 Å². The second kappa shape index (κ2) is 5.00. The van der Waals surface area contributed by atoms with Crippen molar-refractivity contribution in [3.05, 3.63) is 11.9 Å². The zero-order valence-electron chi connectivity index (χ0n) is 12.3. The second-order valence-corrected chi connectivity index (χ2v) is 7.62. The van der Waals surface area contributed by atoms with Crippen molar-refractivity contribution in [1.29, 1.82) is 0 Å². The van der Waals surface area contributed by atoms with Gasteiger partial charge in [0, 0.05) is 11.5 Å². The minimum Gasteiger partial charge on any atom is -0.393 e. The van der Waals surface area contributed by atoms with Crippen LogP contribution in [0.4, 0.5) is 5.13 Å². The third-order valence-electron chi connectivity index (χ3n) is 3.84. The molecule has 0 atom stereocenters. The first-order valence-electron chi connectivity index (χ1n) is 7.23. The number of imidazole rings is 1. The van der Waals surface area contributed by atoms with E-state index >= 15 is 0 Å². The molecule has 2 heterocycles. The van der Waals surface area contributed by atoms with Gasteiger partial charge in [0.2, 0.25) is 10.1 Å². The van der Waals surface area contributed by atoms with Gasteiger partial charge >= 0.3 is 0 Å². The fraction of sp³-hybridized carbons (Fsp3) is 0.714. The largest absolute Gasteiger partial charge is 0.393 e. The minimum absolute atomic E-state index is 0.0561. The van der Waals surface area contributed by atoms with E-state index in [0.29, 0.717) is 6.04 Å². The molecule has 0 spiro atoms. The fourth-order valence-corrected chi connectivity index (χ4v) is 3.37. The molecule has 3 rings (SSSR count).